The largest absolute Gasteiger partial charge is 0.478 e. The Kier molecular flexibility index (Phi) is 4.77. The summed E-state index contributed by atoms with van der Waals surface area (Å²) in [5.41, 5.74) is 1.61. The molecule has 0 amide bonds. The Balaban J connectivity index is 1.93. The Bertz CT molecular complexity index is 1040. The topological polar surface area (TPSA) is 101 Å². The van der Waals surface area contributed by atoms with E-state index in [2.05, 4.69) is 9.82 Å². The SMILES string of the molecule is Cc1ccc(S(=O)(=O)Nc2ccccc2Cn2cccn2)cc1C(=O)O. The van der Waals surface area contributed by atoms with Crippen LogP contribution in [0.4, 0.5) is 5.69 Å². The first-order valence-corrected chi connectivity index (χ1v) is 9.27. The summed E-state index contributed by atoms with van der Waals surface area (Å²) in [4.78, 5) is 11.2. The summed E-state index contributed by atoms with van der Waals surface area (Å²) in [5, 5.41) is 13.3. The number of nitrogens with one attached hydrogen (secondary N) is 1. The molecule has 0 aliphatic rings. The summed E-state index contributed by atoms with van der Waals surface area (Å²) in [7, 11) is -3.93. The first-order valence-electron chi connectivity index (χ1n) is 7.79. The molecule has 3 aromatic rings. The van der Waals surface area contributed by atoms with E-state index in [-0.39, 0.29) is 10.5 Å². The second kappa shape index (κ2) is 7.01. The van der Waals surface area contributed by atoms with Gasteiger partial charge in [-0.15, -0.1) is 0 Å². The lowest BCUT2D eigenvalue weighted by Gasteiger charge is -2.13. The van der Waals surface area contributed by atoms with Gasteiger partial charge in [-0.05, 0) is 42.3 Å². The minimum Gasteiger partial charge on any atom is -0.478 e. The number of hydrogen-bond acceptors (Lipinski definition) is 4. The number of aryl methyl sites for hydroxylation is 1. The minimum atomic E-state index is -3.93. The van der Waals surface area contributed by atoms with E-state index >= 15 is 0 Å². The van der Waals surface area contributed by atoms with Gasteiger partial charge in [0.2, 0.25) is 0 Å². The lowest BCUT2D eigenvalue weighted by molar-refractivity contribution is 0.0696. The van der Waals surface area contributed by atoms with Crippen molar-refractivity contribution in [3.05, 3.63) is 77.6 Å². The normalized spacial score (nSPS) is 11.3. The zero-order valence-corrected chi connectivity index (χ0v) is 14.8. The van der Waals surface area contributed by atoms with Gasteiger partial charge < -0.3 is 5.11 Å². The third-order valence-electron chi connectivity index (χ3n) is 3.90. The van der Waals surface area contributed by atoms with E-state index in [1.165, 1.54) is 12.1 Å². The van der Waals surface area contributed by atoms with Crippen LogP contribution in [0.2, 0.25) is 0 Å². The Morgan fingerprint density at radius 2 is 1.96 bits per heavy atom. The molecule has 134 valence electrons. The fourth-order valence-electron chi connectivity index (χ4n) is 2.53. The second-order valence-corrected chi connectivity index (χ2v) is 7.43. The van der Waals surface area contributed by atoms with Crippen LogP contribution in [0.15, 0.2) is 65.8 Å². The van der Waals surface area contributed by atoms with Crippen LogP contribution >= 0.6 is 0 Å². The highest BCUT2D eigenvalue weighted by molar-refractivity contribution is 7.92. The predicted octanol–water partition coefficient (Wildman–Crippen LogP) is 2.74. The molecule has 7 nitrogen and oxygen atoms in total. The van der Waals surface area contributed by atoms with E-state index in [4.69, 9.17) is 0 Å². The summed E-state index contributed by atoms with van der Waals surface area (Å²) in [5.74, 6) is -1.17. The molecule has 0 fully saturated rings. The third-order valence-corrected chi connectivity index (χ3v) is 5.27. The monoisotopic (exact) mass is 371 g/mol. The zero-order valence-electron chi connectivity index (χ0n) is 14.0. The van der Waals surface area contributed by atoms with Gasteiger partial charge in [-0.1, -0.05) is 24.3 Å². The Hall–Kier alpha value is -3.13. The molecular formula is C18H17N3O4S. The molecular weight excluding hydrogens is 354 g/mol. The molecule has 0 atom stereocenters. The fraction of sp³-hybridized carbons (Fsp3) is 0.111. The van der Waals surface area contributed by atoms with Crippen molar-refractivity contribution < 1.29 is 18.3 Å². The highest BCUT2D eigenvalue weighted by Gasteiger charge is 2.19. The van der Waals surface area contributed by atoms with E-state index in [1.807, 2.05) is 6.07 Å². The van der Waals surface area contributed by atoms with Crippen molar-refractivity contribution >= 4 is 21.7 Å². The molecule has 2 N–H and O–H groups in total. The standard InChI is InChI=1S/C18H17N3O4S/c1-13-7-8-15(11-16(13)18(22)23)26(24,25)20-17-6-3-2-5-14(17)12-21-10-4-9-19-21/h2-11,20H,12H2,1H3,(H,22,23). The zero-order chi connectivity index (χ0) is 18.7. The molecule has 8 heteroatoms. The van der Waals surface area contributed by atoms with Gasteiger partial charge in [0.1, 0.15) is 0 Å². The van der Waals surface area contributed by atoms with Crippen molar-refractivity contribution in [3.63, 3.8) is 0 Å². The van der Waals surface area contributed by atoms with Crippen LogP contribution in [0.3, 0.4) is 0 Å². The molecule has 0 saturated heterocycles. The summed E-state index contributed by atoms with van der Waals surface area (Å²) in [6, 6.07) is 12.8. The number of para-hydroxylation sites is 1. The number of aromatic nitrogens is 2. The molecule has 1 heterocycles. The molecule has 2 aromatic carbocycles. The lowest BCUT2D eigenvalue weighted by Crippen LogP contribution is -2.16. The number of nitrogens with zero attached hydrogens (tertiary/aromatic N) is 2. The maximum absolute atomic E-state index is 12.7. The van der Waals surface area contributed by atoms with Crippen LogP contribution < -0.4 is 4.72 Å². The van der Waals surface area contributed by atoms with Crippen LogP contribution in [0.1, 0.15) is 21.5 Å². The van der Waals surface area contributed by atoms with E-state index in [0.717, 1.165) is 11.6 Å². The predicted molar refractivity (Wildman–Crippen MR) is 96.7 cm³/mol. The summed E-state index contributed by atoms with van der Waals surface area (Å²) in [6.45, 7) is 2.02. The smallest absolute Gasteiger partial charge is 0.335 e. The van der Waals surface area contributed by atoms with Crippen LogP contribution in [0.25, 0.3) is 0 Å². The maximum Gasteiger partial charge on any atom is 0.335 e. The van der Waals surface area contributed by atoms with Gasteiger partial charge in [0.05, 0.1) is 22.7 Å². The molecule has 0 saturated carbocycles. The van der Waals surface area contributed by atoms with Gasteiger partial charge in [-0.3, -0.25) is 9.40 Å². The number of carboxylic acids is 1. The van der Waals surface area contributed by atoms with Gasteiger partial charge in [-0.25, -0.2) is 13.2 Å². The number of rotatable bonds is 6. The average Bonchev–Trinajstić information content (AvgIpc) is 3.09. The molecule has 0 aliphatic carbocycles. The van der Waals surface area contributed by atoms with E-state index in [0.29, 0.717) is 17.8 Å². The first kappa shape index (κ1) is 17.7. The Labute approximate surface area is 151 Å². The number of anilines is 1. The molecule has 1 aromatic heterocycles. The molecule has 0 radical (unpaired) electrons. The summed E-state index contributed by atoms with van der Waals surface area (Å²) >= 11 is 0. The molecule has 3 rings (SSSR count). The molecule has 26 heavy (non-hydrogen) atoms. The van der Waals surface area contributed by atoms with Crippen LogP contribution in [0.5, 0.6) is 0 Å². The average molecular weight is 371 g/mol. The van der Waals surface area contributed by atoms with E-state index in [9.17, 15) is 18.3 Å². The molecule has 0 aliphatic heterocycles. The van der Waals surface area contributed by atoms with E-state index in [1.54, 1.807) is 48.3 Å². The van der Waals surface area contributed by atoms with Crippen molar-refractivity contribution in [1.82, 2.24) is 9.78 Å². The Morgan fingerprint density at radius 3 is 2.65 bits per heavy atom. The van der Waals surface area contributed by atoms with Gasteiger partial charge in [0.15, 0.2) is 0 Å². The maximum atomic E-state index is 12.7. The van der Waals surface area contributed by atoms with Crippen molar-refractivity contribution in [2.24, 2.45) is 0 Å². The van der Waals surface area contributed by atoms with Gasteiger partial charge in [-0.2, -0.15) is 5.10 Å². The number of hydrogen-bond donors (Lipinski definition) is 2. The van der Waals surface area contributed by atoms with Crippen molar-refractivity contribution in [2.45, 2.75) is 18.4 Å². The summed E-state index contributed by atoms with van der Waals surface area (Å²) in [6.07, 6.45) is 3.43. The van der Waals surface area contributed by atoms with Gasteiger partial charge in [0.25, 0.3) is 10.0 Å². The van der Waals surface area contributed by atoms with Crippen molar-refractivity contribution in [1.29, 1.82) is 0 Å². The number of sulfonamides is 1. The van der Waals surface area contributed by atoms with Crippen molar-refractivity contribution in [2.75, 3.05) is 4.72 Å². The fourth-order valence-corrected chi connectivity index (χ4v) is 3.66. The van der Waals surface area contributed by atoms with E-state index < -0.39 is 16.0 Å². The Morgan fingerprint density at radius 1 is 1.19 bits per heavy atom. The molecule has 0 spiro atoms. The van der Waals surface area contributed by atoms with Crippen LogP contribution in [0, 0.1) is 6.92 Å². The number of carboxylic acid groups (broad SMARTS) is 1. The molecule has 0 bridgehead atoms. The minimum absolute atomic E-state index is 0.0438. The van der Waals surface area contributed by atoms with Crippen LogP contribution in [-0.2, 0) is 16.6 Å². The second-order valence-electron chi connectivity index (χ2n) is 5.75. The van der Waals surface area contributed by atoms with Gasteiger partial charge in [0, 0.05) is 12.4 Å². The van der Waals surface area contributed by atoms with Crippen LogP contribution in [-0.4, -0.2) is 29.3 Å². The number of aromatic carboxylic acids is 1. The number of carbonyl (C=O) groups is 1. The number of benzene rings is 2. The highest BCUT2D eigenvalue weighted by atomic mass is 32.2. The molecule has 0 unspecified atom stereocenters. The van der Waals surface area contributed by atoms with Gasteiger partial charge >= 0.3 is 5.97 Å². The summed E-state index contributed by atoms with van der Waals surface area (Å²) < 4.78 is 29.7. The van der Waals surface area contributed by atoms with Crippen molar-refractivity contribution in [3.8, 4) is 0 Å². The first-order chi connectivity index (χ1) is 12.4. The highest BCUT2D eigenvalue weighted by Crippen LogP contribution is 2.22. The lowest BCUT2D eigenvalue weighted by atomic mass is 10.1. The quantitative estimate of drug-likeness (QED) is 0.694. The third kappa shape index (κ3) is 3.75.